The Hall–Kier alpha value is -1.65. The Morgan fingerprint density at radius 3 is 2.26 bits per heavy atom. The molecule has 0 radical (unpaired) electrons. The lowest BCUT2D eigenvalue weighted by Crippen LogP contribution is -2.06. The lowest BCUT2D eigenvalue weighted by Gasteiger charge is -2.12. The van der Waals surface area contributed by atoms with E-state index in [0.717, 1.165) is 0 Å². The van der Waals surface area contributed by atoms with Crippen molar-refractivity contribution in [3.63, 3.8) is 0 Å². The first-order chi connectivity index (χ1) is 9.13. The van der Waals surface area contributed by atoms with Gasteiger partial charge in [0.2, 0.25) is 0 Å². The van der Waals surface area contributed by atoms with Gasteiger partial charge < -0.3 is 10.5 Å². The van der Waals surface area contributed by atoms with Gasteiger partial charge in [0.15, 0.2) is 0 Å². The maximum atomic E-state index is 13.4. The number of nitrogens with two attached hydrogens (primary N) is 1. The van der Waals surface area contributed by atoms with Crippen LogP contribution in [0.25, 0.3) is 0 Å². The number of hydrogen-bond acceptors (Lipinski definition) is 2. The van der Waals surface area contributed by atoms with Gasteiger partial charge in [-0.15, -0.1) is 0 Å². The highest BCUT2D eigenvalue weighted by molar-refractivity contribution is 6.31. The third-order valence-corrected chi connectivity index (χ3v) is 3.07. The predicted octanol–water partition coefficient (Wildman–Crippen LogP) is 3.66. The van der Waals surface area contributed by atoms with Gasteiger partial charge in [-0.05, 0) is 24.3 Å². The molecular formula is C14H12ClF2NO. The number of hydrogen-bond donors (Lipinski definition) is 1. The lowest BCUT2D eigenvalue weighted by atomic mass is 10.2. The summed E-state index contributed by atoms with van der Waals surface area (Å²) in [6.45, 7) is -0.0272. The summed E-state index contributed by atoms with van der Waals surface area (Å²) < 4.78 is 32.3. The third kappa shape index (κ3) is 3.03. The molecule has 0 aliphatic carbocycles. The van der Waals surface area contributed by atoms with Crippen molar-refractivity contribution in [3.05, 3.63) is 64.2 Å². The molecule has 0 aliphatic heterocycles. The molecule has 19 heavy (non-hydrogen) atoms. The molecule has 0 saturated heterocycles. The highest BCUT2D eigenvalue weighted by Gasteiger charge is 2.11. The maximum absolute atomic E-state index is 13.4. The van der Waals surface area contributed by atoms with Crippen LogP contribution in [0.4, 0.5) is 8.78 Å². The summed E-state index contributed by atoms with van der Waals surface area (Å²) in [6.07, 6.45) is 0. The number of halogens is 3. The summed E-state index contributed by atoms with van der Waals surface area (Å²) in [5.74, 6) is -0.856. The van der Waals surface area contributed by atoms with Gasteiger partial charge in [-0.2, -0.15) is 0 Å². The summed E-state index contributed by atoms with van der Waals surface area (Å²) in [4.78, 5) is 0. The van der Waals surface area contributed by atoms with E-state index in [1.165, 1.54) is 18.2 Å². The molecule has 5 heteroatoms. The Balaban J connectivity index is 2.22. The molecule has 2 nitrogen and oxygen atoms in total. The van der Waals surface area contributed by atoms with Crippen molar-refractivity contribution in [1.29, 1.82) is 0 Å². The molecule has 0 aromatic heterocycles. The van der Waals surface area contributed by atoms with Gasteiger partial charge in [-0.3, -0.25) is 0 Å². The molecular weight excluding hydrogens is 272 g/mol. The highest BCUT2D eigenvalue weighted by Crippen LogP contribution is 2.27. The molecule has 100 valence electrons. The van der Waals surface area contributed by atoms with Crippen LogP contribution in [0.15, 0.2) is 36.4 Å². The van der Waals surface area contributed by atoms with Crippen molar-refractivity contribution in [2.45, 2.75) is 13.2 Å². The summed E-state index contributed by atoms with van der Waals surface area (Å²) >= 11 is 5.97. The minimum Gasteiger partial charge on any atom is -0.488 e. The molecule has 2 aromatic carbocycles. The van der Waals surface area contributed by atoms with Crippen molar-refractivity contribution in [2.24, 2.45) is 5.73 Å². The van der Waals surface area contributed by atoms with Gasteiger partial charge in [0, 0.05) is 17.1 Å². The minimum absolute atomic E-state index is 0.120. The van der Waals surface area contributed by atoms with E-state index in [1.54, 1.807) is 18.2 Å². The van der Waals surface area contributed by atoms with Crippen LogP contribution >= 0.6 is 11.6 Å². The summed E-state index contributed by atoms with van der Waals surface area (Å²) in [6, 6.07) is 8.70. The van der Waals surface area contributed by atoms with Crippen molar-refractivity contribution >= 4 is 11.6 Å². The largest absolute Gasteiger partial charge is 0.488 e. The Morgan fingerprint density at radius 1 is 1.00 bits per heavy atom. The number of ether oxygens (including phenoxy) is 1. The van der Waals surface area contributed by atoms with Crippen LogP contribution in [0.3, 0.4) is 0 Å². The zero-order valence-corrected chi connectivity index (χ0v) is 10.8. The fourth-order valence-corrected chi connectivity index (χ4v) is 1.94. The molecule has 2 rings (SSSR count). The second-order valence-corrected chi connectivity index (χ2v) is 4.32. The second kappa shape index (κ2) is 5.99. The fraction of sp³-hybridized carbons (Fsp3) is 0.143. The smallest absolute Gasteiger partial charge is 0.132 e. The monoisotopic (exact) mass is 283 g/mol. The van der Waals surface area contributed by atoms with Gasteiger partial charge in [0.25, 0.3) is 0 Å². The topological polar surface area (TPSA) is 35.2 Å². The van der Waals surface area contributed by atoms with E-state index in [4.69, 9.17) is 22.1 Å². The van der Waals surface area contributed by atoms with Crippen LogP contribution in [0.5, 0.6) is 5.75 Å². The maximum Gasteiger partial charge on any atom is 0.132 e. The summed E-state index contributed by atoms with van der Waals surface area (Å²) in [7, 11) is 0. The average Bonchev–Trinajstić information content (AvgIpc) is 2.38. The highest BCUT2D eigenvalue weighted by atomic mass is 35.5. The van der Waals surface area contributed by atoms with Gasteiger partial charge in [0.05, 0.1) is 5.56 Å². The second-order valence-electron chi connectivity index (χ2n) is 3.91. The van der Waals surface area contributed by atoms with Gasteiger partial charge in [-0.25, -0.2) is 8.78 Å². The fourth-order valence-electron chi connectivity index (χ4n) is 1.69. The molecule has 0 unspecified atom stereocenters. The van der Waals surface area contributed by atoms with Crippen LogP contribution in [-0.2, 0) is 13.2 Å². The molecule has 0 spiro atoms. The molecule has 0 fully saturated rings. The van der Waals surface area contributed by atoms with Crippen LogP contribution in [0, 0.1) is 11.6 Å². The Kier molecular flexibility index (Phi) is 4.35. The van der Waals surface area contributed by atoms with Crippen molar-refractivity contribution in [2.75, 3.05) is 0 Å². The standard InChI is InChI=1S/C14H12ClF2NO/c15-11-3-1-6-14(9(11)7-18)19-8-10-12(16)4-2-5-13(10)17/h1-6H,7-8,18H2. The SMILES string of the molecule is NCc1c(Cl)cccc1OCc1c(F)cccc1F. The van der Waals surface area contributed by atoms with E-state index >= 15 is 0 Å². The lowest BCUT2D eigenvalue weighted by molar-refractivity contribution is 0.289. The minimum atomic E-state index is -0.642. The normalized spacial score (nSPS) is 10.5. The van der Waals surface area contributed by atoms with E-state index in [-0.39, 0.29) is 18.7 Å². The molecule has 0 atom stereocenters. The predicted molar refractivity (Wildman–Crippen MR) is 70.0 cm³/mol. The number of rotatable bonds is 4. The average molecular weight is 284 g/mol. The molecule has 2 aromatic rings. The third-order valence-electron chi connectivity index (χ3n) is 2.71. The molecule has 0 saturated carbocycles. The first-order valence-corrected chi connectivity index (χ1v) is 6.04. The summed E-state index contributed by atoms with van der Waals surface area (Å²) in [5.41, 5.74) is 6.06. The van der Waals surface area contributed by atoms with Gasteiger partial charge in [0.1, 0.15) is 24.0 Å². The quantitative estimate of drug-likeness (QED) is 0.929. The molecule has 0 heterocycles. The number of benzene rings is 2. The zero-order chi connectivity index (χ0) is 13.8. The Bertz CT molecular complexity index is 569. The van der Waals surface area contributed by atoms with Crippen LogP contribution in [-0.4, -0.2) is 0 Å². The van der Waals surface area contributed by atoms with Crippen LogP contribution in [0.1, 0.15) is 11.1 Å². The van der Waals surface area contributed by atoms with Gasteiger partial charge >= 0.3 is 0 Å². The Morgan fingerprint density at radius 2 is 1.63 bits per heavy atom. The van der Waals surface area contributed by atoms with Crippen molar-refractivity contribution < 1.29 is 13.5 Å². The van der Waals surface area contributed by atoms with E-state index in [0.29, 0.717) is 16.3 Å². The van der Waals surface area contributed by atoms with E-state index < -0.39 is 11.6 Å². The Labute approximate surface area is 114 Å². The van der Waals surface area contributed by atoms with Crippen molar-refractivity contribution in [3.8, 4) is 5.75 Å². The molecule has 0 bridgehead atoms. The summed E-state index contributed by atoms with van der Waals surface area (Å²) in [5, 5.41) is 0.467. The van der Waals surface area contributed by atoms with Crippen molar-refractivity contribution in [1.82, 2.24) is 0 Å². The van der Waals surface area contributed by atoms with E-state index in [9.17, 15) is 8.78 Å². The first kappa shape index (κ1) is 13.8. The van der Waals surface area contributed by atoms with E-state index in [1.807, 2.05) is 0 Å². The first-order valence-electron chi connectivity index (χ1n) is 5.66. The van der Waals surface area contributed by atoms with Crippen LogP contribution in [0.2, 0.25) is 5.02 Å². The zero-order valence-electron chi connectivity index (χ0n) is 10.00. The van der Waals surface area contributed by atoms with Crippen LogP contribution < -0.4 is 10.5 Å². The molecule has 2 N–H and O–H groups in total. The van der Waals surface area contributed by atoms with Gasteiger partial charge in [-0.1, -0.05) is 23.7 Å². The van der Waals surface area contributed by atoms with E-state index in [2.05, 4.69) is 0 Å². The molecule has 0 aliphatic rings. The molecule has 0 amide bonds.